The third-order valence-electron chi connectivity index (χ3n) is 3.55. The van der Waals surface area contributed by atoms with Gasteiger partial charge in [-0.25, -0.2) is 0 Å². The SMILES string of the molecule is CNC1CCN(Cc2ccc([N+](=O)[O-])cc2)CC1. The maximum Gasteiger partial charge on any atom is 0.269 e. The predicted molar refractivity (Wildman–Crippen MR) is 70.5 cm³/mol. The number of rotatable bonds is 4. The molecule has 1 aromatic rings. The molecule has 0 amide bonds. The van der Waals surface area contributed by atoms with Gasteiger partial charge in [-0.05, 0) is 38.5 Å². The molecule has 1 aliphatic rings. The Morgan fingerprint density at radius 1 is 1.33 bits per heavy atom. The van der Waals surface area contributed by atoms with Crippen molar-refractivity contribution in [3.8, 4) is 0 Å². The molecule has 1 aliphatic heterocycles. The van der Waals surface area contributed by atoms with Crippen LogP contribution in [0.2, 0.25) is 0 Å². The number of hydrogen-bond acceptors (Lipinski definition) is 4. The molecule has 0 bridgehead atoms. The van der Waals surface area contributed by atoms with Gasteiger partial charge in [-0.3, -0.25) is 15.0 Å². The normalized spacial score (nSPS) is 17.8. The van der Waals surface area contributed by atoms with Gasteiger partial charge in [0.2, 0.25) is 0 Å². The molecule has 1 aromatic carbocycles. The van der Waals surface area contributed by atoms with Gasteiger partial charge in [0.15, 0.2) is 0 Å². The summed E-state index contributed by atoms with van der Waals surface area (Å²) in [7, 11) is 2.01. The van der Waals surface area contributed by atoms with Crippen molar-refractivity contribution in [2.45, 2.75) is 25.4 Å². The maximum absolute atomic E-state index is 10.6. The van der Waals surface area contributed by atoms with Crippen molar-refractivity contribution in [3.05, 3.63) is 39.9 Å². The van der Waals surface area contributed by atoms with E-state index in [1.165, 1.54) is 12.8 Å². The fraction of sp³-hybridized carbons (Fsp3) is 0.538. The van der Waals surface area contributed by atoms with Gasteiger partial charge in [-0.15, -0.1) is 0 Å². The van der Waals surface area contributed by atoms with Crippen LogP contribution in [-0.4, -0.2) is 36.0 Å². The van der Waals surface area contributed by atoms with Gasteiger partial charge in [-0.1, -0.05) is 12.1 Å². The summed E-state index contributed by atoms with van der Waals surface area (Å²) in [6, 6.07) is 7.49. The van der Waals surface area contributed by atoms with Crippen LogP contribution in [0.15, 0.2) is 24.3 Å². The van der Waals surface area contributed by atoms with Crippen molar-refractivity contribution in [2.75, 3.05) is 20.1 Å². The number of non-ortho nitro benzene ring substituents is 1. The lowest BCUT2D eigenvalue weighted by atomic mass is 10.0. The lowest BCUT2D eigenvalue weighted by Crippen LogP contribution is -2.40. The van der Waals surface area contributed by atoms with Crippen molar-refractivity contribution in [3.63, 3.8) is 0 Å². The summed E-state index contributed by atoms with van der Waals surface area (Å²) in [4.78, 5) is 12.6. The Morgan fingerprint density at radius 3 is 2.44 bits per heavy atom. The Bertz CT molecular complexity index is 397. The fourth-order valence-electron chi connectivity index (χ4n) is 2.36. The average Bonchev–Trinajstić information content (AvgIpc) is 2.40. The first-order chi connectivity index (χ1) is 8.69. The quantitative estimate of drug-likeness (QED) is 0.652. The molecular formula is C13H19N3O2. The highest BCUT2D eigenvalue weighted by atomic mass is 16.6. The van der Waals surface area contributed by atoms with Gasteiger partial charge in [0.1, 0.15) is 0 Å². The van der Waals surface area contributed by atoms with Crippen molar-refractivity contribution < 1.29 is 4.92 Å². The van der Waals surface area contributed by atoms with Gasteiger partial charge < -0.3 is 5.32 Å². The molecule has 0 unspecified atom stereocenters. The summed E-state index contributed by atoms with van der Waals surface area (Å²) in [5.41, 5.74) is 1.30. The molecule has 1 fully saturated rings. The van der Waals surface area contributed by atoms with E-state index in [0.29, 0.717) is 6.04 Å². The molecule has 1 heterocycles. The van der Waals surface area contributed by atoms with Crippen LogP contribution in [-0.2, 0) is 6.54 Å². The number of nitrogens with zero attached hydrogens (tertiary/aromatic N) is 2. The molecule has 0 radical (unpaired) electrons. The van der Waals surface area contributed by atoms with Crippen molar-refractivity contribution in [1.29, 1.82) is 0 Å². The van der Waals surface area contributed by atoms with E-state index in [9.17, 15) is 10.1 Å². The molecule has 0 atom stereocenters. The monoisotopic (exact) mass is 249 g/mol. The first-order valence-electron chi connectivity index (χ1n) is 6.32. The first-order valence-corrected chi connectivity index (χ1v) is 6.32. The molecule has 0 aromatic heterocycles. The minimum absolute atomic E-state index is 0.160. The Labute approximate surface area is 107 Å². The summed E-state index contributed by atoms with van der Waals surface area (Å²) in [5.74, 6) is 0. The van der Waals surface area contributed by atoms with Gasteiger partial charge in [-0.2, -0.15) is 0 Å². The highest BCUT2D eigenvalue weighted by molar-refractivity contribution is 5.32. The minimum Gasteiger partial charge on any atom is -0.317 e. The summed E-state index contributed by atoms with van der Waals surface area (Å²) < 4.78 is 0. The third-order valence-corrected chi connectivity index (χ3v) is 3.55. The van der Waals surface area contributed by atoms with E-state index in [-0.39, 0.29) is 10.6 Å². The number of hydrogen-bond donors (Lipinski definition) is 1. The lowest BCUT2D eigenvalue weighted by molar-refractivity contribution is -0.384. The van der Waals surface area contributed by atoms with Gasteiger partial charge in [0.25, 0.3) is 5.69 Å². The Kier molecular flexibility index (Phi) is 4.28. The van der Waals surface area contributed by atoms with Crippen LogP contribution in [0.25, 0.3) is 0 Å². The van der Waals surface area contributed by atoms with E-state index in [0.717, 1.165) is 25.2 Å². The molecular weight excluding hydrogens is 230 g/mol. The Balaban J connectivity index is 1.88. The van der Waals surface area contributed by atoms with Gasteiger partial charge in [0, 0.05) is 24.7 Å². The van der Waals surface area contributed by atoms with Crippen LogP contribution < -0.4 is 5.32 Å². The molecule has 0 saturated carbocycles. The van der Waals surface area contributed by atoms with E-state index in [1.54, 1.807) is 12.1 Å². The van der Waals surface area contributed by atoms with E-state index in [2.05, 4.69) is 10.2 Å². The Morgan fingerprint density at radius 2 is 1.94 bits per heavy atom. The molecule has 0 spiro atoms. The summed E-state index contributed by atoms with van der Waals surface area (Å²) in [6.45, 7) is 3.05. The van der Waals surface area contributed by atoms with E-state index in [1.807, 2.05) is 19.2 Å². The van der Waals surface area contributed by atoms with Crippen LogP contribution in [0.1, 0.15) is 18.4 Å². The van der Waals surface area contributed by atoms with Crippen LogP contribution in [0.3, 0.4) is 0 Å². The molecule has 98 valence electrons. The number of nitro groups is 1. The van der Waals surface area contributed by atoms with Gasteiger partial charge in [0.05, 0.1) is 4.92 Å². The second kappa shape index (κ2) is 5.93. The average molecular weight is 249 g/mol. The smallest absolute Gasteiger partial charge is 0.269 e. The second-order valence-electron chi connectivity index (χ2n) is 4.76. The number of piperidine rings is 1. The van der Waals surface area contributed by atoms with Crippen LogP contribution in [0.4, 0.5) is 5.69 Å². The molecule has 5 heteroatoms. The molecule has 0 aliphatic carbocycles. The molecule has 1 N–H and O–H groups in total. The van der Waals surface area contributed by atoms with Crippen LogP contribution >= 0.6 is 0 Å². The van der Waals surface area contributed by atoms with Crippen molar-refractivity contribution >= 4 is 5.69 Å². The first kappa shape index (κ1) is 13.0. The Hall–Kier alpha value is -1.46. The number of likely N-dealkylation sites (tertiary alicyclic amines) is 1. The zero-order valence-electron chi connectivity index (χ0n) is 10.6. The predicted octanol–water partition coefficient (Wildman–Crippen LogP) is 1.78. The minimum atomic E-state index is -0.359. The van der Waals surface area contributed by atoms with Crippen LogP contribution in [0.5, 0.6) is 0 Å². The molecule has 1 saturated heterocycles. The maximum atomic E-state index is 10.6. The van der Waals surface area contributed by atoms with E-state index in [4.69, 9.17) is 0 Å². The summed E-state index contributed by atoms with van der Waals surface area (Å²) >= 11 is 0. The van der Waals surface area contributed by atoms with Crippen molar-refractivity contribution in [2.24, 2.45) is 0 Å². The fourth-order valence-corrected chi connectivity index (χ4v) is 2.36. The van der Waals surface area contributed by atoms with Crippen molar-refractivity contribution in [1.82, 2.24) is 10.2 Å². The third kappa shape index (κ3) is 3.27. The summed E-state index contributed by atoms with van der Waals surface area (Å²) in [6.07, 6.45) is 2.34. The largest absolute Gasteiger partial charge is 0.317 e. The highest BCUT2D eigenvalue weighted by Crippen LogP contribution is 2.16. The number of benzene rings is 1. The molecule has 5 nitrogen and oxygen atoms in total. The number of nitrogens with one attached hydrogen (secondary N) is 1. The van der Waals surface area contributed by atoms with Gasteiger partial charge >= 0.3 is 0 Å². The highest BCUT2D eigenvalue weighted by Gasteiger charge is 2.17. The molecule has 18 heavy (non-hydrogen) atoms. The van der Waals surface area contributed by atoms with E-state index < -0.39 is 0 Å². The second-order valence-corrected chi connectivity index (χ2v) is 4.76. The zero-order chi connectivity index (χ0) is 13.0. The topological polar surface area (TPSA) is 58.4 Å². The number of nitro benzene ring substituents is 1. The standard InChI is InChI=1S/C13H19N3O2/c1-14-12-6-8-15(9-7-12)10-11-2-4-13(5-3-11)16(17)18/h2-5,12,14H,6-10H2,1H3. The molecule has 2 rings (SSSR count). The zero-order valence-corrected chi connectivity index (χ0v) is 10.6. The van der Waals surface area contributed by atoms with E-state index >= 15 is 0 Å². The lowest BCUT2D eigenvalue weighted by Gasteiger charge is -2.31. The van der Waals surface area contributed by atoms with Crippen LogP contribution in [0, 0.1) is 10.1 Å². The summed E-state index contributed by atoms with van der Waals surface area (Å²) in [5, 5.41) is 13.9.